The quantitative estimate of drug-likeness (QED) is 0.749. The van der Waals surface area contributed by atoms with Crippen LogP contribution in [0.1, 0.15) is 16.1 Å². The highest BCUT2D eigenvalue weighted by atomic mass is 35.5. The lowest BCUT2D eigenvalue weighted by atomic mass is 10.3. The summed E-state index contributed by atoms with van der Waals surface area (Å²) < 4.78 is 14.3. The first-order valence-corrected chi connectivity index (χ1v) is 7.02. The van der Waals surface area contributed by atoms with Gasteiger partial charge in [0.25, 0.3) is 5.91 Å². The summed E-state index contributed by atoms with van der Waals surface area (Å²) in [6.45, 7) is 1.79. The maximum absolute atomic E-state index is 12.9. The Balaban J connectivity index is 1.78. The Morgan fingerprint density at radius 3 is 2.74 bits per heavy atom. The number of carbonyl (C=O) groups excluding carboxylic acids is 1. The lowest BCUT2D eigenvalue weighted by Gasteiger charge is -2.04. The molecule has 3 aromatic rings. The molecule has 0 aliphatic rings. The van der Waals surface area contributed by atoms with Gasteiger partial charge in [-0.15, -0.1) is 5.10 Å². The fourth-order valence-corrected chi connectivity index (χ4v) is 2.01. The Morgan fingerprint density at radius 2 is 2.04 bits per heavy atom. The average Bonchev–Trinajstić information content (AvgIpc) is 3.02. The summed E-state index contributed by atoms with van der Waals surface area (Å²) in [4.78, 5) is 16.1. The summed E-state index contributed by atoms with van der Waals surface area (Å²) >= 11 is 5.84. The zero-order valence-corrected chi connectivity index (χ0v) is 12.8. The molecule has 0 atom stereocenters. The molecule has 0 saturated carbocycles. The van der Waals surface area contributed by atoms with Gasteiger partial charge in [0, 0.05) is 0 Å². The number of benzene rings is 1. The van der Waals surface area contributed by atoms with Gasteiger partial charge in [-0.2, -0.15) is 0 Å². The van der Waals surface area contributed by atoms with Crippen LogP contribution in [0.3, 0.4) is 0 Å². The van der Waals surface area contributed by atoms with E-state index in [0.717, 1.165) is 5.56 Å². The lowest BCUT2D eigenvalue weighted by Crippen LogP contribution is -2.12. The number of carbonyl (C=O) groups is 1. The number of nitrogens with one attached hydrogen (secondary N) is 1. The SMILES string of the molecule is Cc1cc(NC(=O)c2cn(-c3ccc(F)cc3)nn2)cnc1Cl. The van der Waals surface area contributed by atoms with Crippen LogP contribution < -0.4 is 5.32 Å². The normalized spacial score (nSPS) is 10.6. The number of halogens is 2. The van der Waals surface area contributed by atoms with Crippen LogP contribution in [0.4, 0.5) is 10.1 Å². The van der Waals surface area contributed by atoms with Crippen LogP contribution in [0.5, 0.6) is 0 Å². The minimum absolute atomic E-state index is 0.127. The zero-order chi connectivity index (χ0) is 16.4. The molecule has 1 N–H and O–H groups in total. The van der Waals surface area contributed by atoms with Crippen LogP contribution in [0.15, 0.2) is 42.7 Å². The van der Waals surface area contributed by atoms with Crippen molar-refractivity contribution in [3.8, 4) is 5.69 Å². The van der Waals surface area contributed by atoms with Gasteiger partial charge in [-0.3, -0.25) is 4.79 Å². The number of aromatic nitrogens is 4. The molecule has 116 valence electrons. The zero-order valence-electron chi connectivity index (χ0n) is 12.0. The molecule has 3 rings (SSSR count). The van der Waals surface area contributed by atoms with Gasteiger partial charge in [-0.25, -0.2) is 14.1 Å². The smallest absolute Gasteiger partial charge is 0.277 e. The maximum Gasteiger partial charge on any atom is 0.277 e. The molecule has 0 bridgehead atoms. The third-order valence-electron chi connectivity index (χ3n) is 3.09. The number of hydrogen-bond donors (Lipinski definition) is 1. The summed E-state index contributed by atoms with van der Waals surface area (Å²) in [6, 6.07) is 7.39. The topological polar surface area (TPSA) is 72.7 Å². The molecule has 1 aromatic carbocycles. The van der Waals surface area contributed by atoms with Crippen LogP contribution in [0.25, 0.3) is 5.69 Å². The summed E-state index contributed by atoms with van der Waals surface area (Å²) in [5, 5.41) is 10.7. The molecule has 0 spiro atoms. The maximum atomic E-state index is 12.9. The Bertz CT molecular complexity index is 863. The van der Waals surface area contributed by atoms with Crippen molar-refractivity contribution < 1.29 is 9.18 Å². The number of hydrogen-bond acceptors (Lipinski definition) is 4. The highest BCUT2D eigenvalue weighted by Crippen LogP contribution is 2.16. The van der Waals surface area contributed by atoms with Crippen molar-refractivity contribution in [1.29, 1.82) is 0 Å². The van der Waals surface area contributed by atoms with Gasteiger partial charge < -0.3 is 5.32 Å². The van der Waals surface area contributed by atoms with Crippen molar-refractivity contribution in [3.05, 3.63) is 65.0 Å². The molecule has 2 aromatic heterocycles. The number of anilines is 1. The van der Waals surface area contributed by atoms with Crippen LogP contribution in [0, 0.1) is 12.7 Å². The molecule has 0 radical (unpaired) electrons. The molecule has 6 nitrogen and oxygen atoms in total. The van der Waals surface area contributed by atoms with E-state index in [1.54, 1.807) is 13.0 Å². The Kier molecular flexibility index (Phi) is 4.03. The van der Waals surface area contributed by atoms with Gasteiger partial charge >= 0.3 is 0 Å². The van der Waals surface area contributed by atoms with Crippen LogP contribution in [-0.2, 0) is 0 Å². The highest BCUT2D eigenvalue weighted by molar-refractivity contribution is 6.30. The predicted molar refractivity (Wildman–Crippen MR) is 83.3 cm³/mol. The van der Waals surface area contributed by atoms with Crippen molar-refractivity contribution in [1.82, 2.24) is 20.0 Å². The van der Waals surface area contributed by atoms with Gasteiger partial charge in [-0.1, -0.05) is 16.8 Å². The standard InChI is InChI=1S/C15H11ClFN5O/c1-9-6-11(7-18-14(9)16)19-15(23)13-8-22(21-20-13)12-4-2-10(17)3-5-12/h2-8H,1H3,(H,19,23). The van der Waals surface area contributed by atoms with E-state index in [0.29, 0.717) is 16.5 Å². The number of rotatable bonds is 3. The minimum atomic E-state index is -0.429. The van der Waals surface area contributed by atoms with E-state index in [4.69, 9.17) is 11.6 Å². The number of amides is 1. The van der Waals surface area contributed by atoms with Gasteiger partial charge in [0.15, 0.2) is 5.69 Å². The van der Waals surface area contributed by atoms with E-state index in [2.05, 4.69) is 20.6 Å². The minimum Gasteiger partial charge on any atom is -0.319 e. The van der Waals surface area contributed by atoms with E-state index in [9.17, 15) is 9.18 Å². The monoisotopic (exact) mass is 331 g/mol. The van der Waals surface area contributed by atoms with Gasteiger partial charge in [0.05, 0.1) is 23.8 Å². The van der Waals surface area contributed by atoms with E-state index in [1.165, 1.54) is 41.3 Å². The first-order valence-electron chi connectivity index (χ1n) is 6.65. The molecule has 0 fully saturated rings. The van der Waals surface area contributed by atoms with Crippen molar-refractivity contribution in [2.45, 2.75) is 6.92 Å². The van der Waals surface area contributed by atoms with E-state index < -0.39 is 5.91 Å². The second-order valence-corrected chi connectivity index (χ2v) is 5.17. The molecular weight excluding hydrogens is 321 g/mol. The molecule has 1 amide bonds. The van der Waals surface area contributed by atoms with Gasteiger partial charge in [0.2, 0.25) is 0 Å². The third-order valence-corrected chi connectivity index (χ3v) is 3.49. The first kappa shape index (κ1) is 15.1. The highest BCUT2D eigenvalue weighted by Gasteiger charge is 2.12. The van der Waals surface area contributed by atoms with E-state index >= 15 is 0 Å². The molecule has 0 saturated heterocycles. The summed E-state index contributed by atoms with van der Waals surface area (Å²) in [7, 11) is 0. The molecular formula is C15H11ClFN5O. The number of pyridine rings is 1. The van der Waals surface area contributed by atoms with E-state index in [1.807, 2.05) is 0 Å². The lowest BCUT2D eigenvalue weighted by molar-refractivity contribution is 0.102. The van der Waals surface area contributed by atoms with Crippen molar-refractivity contribution in [2.75, 3.05) is 5.32 Å². The third kappa shape index (κ3) is 3.35. The van der Waals surface area contributed by atoms with Crippen molar-refractivity contribution >= 4 is 23.2 Å². The number of aryl methyl sites for hydroxylation is 1. The molecule has 23 heavy (non-hydrogen) atoms. The molecule has 0 aliphatic heterocycles. The molecule has 0 aliphatic carbocycles. The fraction of sp³-hybridized carbons (Fsp3) is 0.0667. The predicted octanol–water partition coefficient (Wildman–Crippen LogP) is 3.02. The second-order valence-electron chi connectivity index (χ2n) is 4.81. The summed E-state index contributed by atoms with van der Waals surface area (Å²) in [5.74, 6) is -0.778. The fourth-order valence-electron chi connectivity index (χ4n) is 1.91. The van der Waals surface area contributed by atoms with Gasteiger partial charge in [0.1, 0.15) is 11.0 Å². The van der Waals surface area contributed by atoms with Crippen molar-refractivity contribution in [2.24, 2.45) is 0 Å². The Labute approximate surface area is 135 Å². The largest absolute Gasteiger partial charge is 0.319 e. The average molecular weight is 332 g/mol. The molecule has 8 heteroatoms. The van der Waals surface area contributed by atoms with Crippen molar-refractivity contribution in [3.63, 3.8) is 0 Å². The second kappa shape index (κ2) is 6.13. The Morgan fingerprint density at radius 1 is 1.30 bits per heavy atom. The summed E-state index contributed by atoms with van der Waals surface area (Å²) in [6.07, 6.45) is 2.91. The van der Waals surface area contributed by atoms with E-state index in [-0.39, 0.29) is 11.5 Å². The number of nitrogens with zero attached hydrogens (tertiary/aromatic N) is 4. The Hall–Kier alpha value is -2.80. The molecule has 2 heterocycles. The summed E-state index contributed by atoms with van der Waals surface area (Å²) in [5.41, 5.74) is 1.98. The molecule has 0 unspecified atom stereocenters. The van der Waals surface area contributed by atoms with Crippen LogP contribution >= 0.6 is 11.6 Å². The van der Waals surface area contributed by atoms with Crippen LogP contribution in [-0.4, -0.2) is 25.9 Å². The van der Waals surface area contributed by atoms with Gasteiger partial charge in [-0.05, 0) is 42.8 Å². The first-order chi connectivity index (χ1) is 11.0. The van der Waals surface area contributed by atoms with Crippen LogP contribution in [0.2, 0.25) is 5.15 Å².